The Bertz CT molecular complexity index is 262. The van der Waals surface area contributed by atoms with Crippen molar-refractivity contribution >= 4 is 5.91 Å². The van der Waals surface area contributed by atoms with Crippen LogP contribution in [0.4, 0.5) is 0 Å². The fourth-order valence-electron chi connectivity index (χ4n) is 2.74. The molecule has 0 spiro atoms. The molecule has 2 N–H and O–H groups in total. The molecule has 118 valence electrons. The average Bonchev–Trinajstić information content (AvgIpc) is 2.39. The second kappa shape index (κ2) is 10.2. The van der Waals surface area contributed by atoms with Gasteiger partial charge in [-0.05, 0) is 57.2 Å². The van der Waals surface area contributed by atoms with E-state index in [2.05, 4.69) is 36.3 Å². The molecule has 0 aromatic heterocycles. The summed E-state index contributed by atoms with van der Waals surface area (Å²) in [5.74, 6) is 1.59. The number of hydrogen-bond acceptors (Lipinski definition) is 3. The van der Waals surface area contributed by atoms with Gasteiger partial charge in [-0.3, -0.25) is 9.69 Å². The van der Waals surface area contributed by atoms with Crippen molar-refractivity contribution in [2.24, 2.45) is 11.8 Å². The highest BCUT2D eigenvalue weighted by molar-refractivity contribution is 5.77. The Morgan fingerprint density at radius 3 is 2.65 bits per heavy atom. The largest absolute Gasteiger partial charge is 0.355 e. The molecule has 0 bridgehead atoms. The monoisotopic (exact) mass is 283 g/mol. The van der Waals surface area contributed by atoms with E-state index in [1.54, 1.807) is 0 Å². The molecule has 20 heavy (non-hydrogen) atoms. The predicted molar refractivity (Wildman–Crippen MR) is 84.8 cm³/mol. The number of nitrogens with one attached hydrogen (secondary N) is 2. The zero-order valence-electron chi connectivity index (χ0n) is 13.6. The highest BCUT2D eigenvalue weighted by Gasteiger charge is 2.18. The van der Waals surface area contributed by atoms with Crippen LogP contribution in [-0.2, 0) is 4.79 Å². The minimum Gasteiger partial charge on any atom is -0.355 e. The van der Waals surface area contributed by atoms with E-state index in [9.17, 15) is 4.79 Å². The average molecular weight is 283 g/mol. The number of hydrogen-bond donors (Lipinski definition) is 2. The normalized spacial score (nSPS) is 16.9. The van der Waals surface area contributed by atoms with Gasteiger partial charge in [0.25, 0.3) is 0 Å². The summed E-state index contributed by atoms with van der Waals surface area (Å²) in [7, 11) is 0. The minimum absolute atomic E-state index is 0.188. The summed E-state index contributed by atoms with van der Waals surface area (Å²) in [4.78, 5) is 14.3. The predicted octanol–water partition coefficient (Wildman–Crippen LogP) is 1.86. The molecule has 0 aromatic carbocycles. The number of carbonyl (C=O) groups is 1. The van der Waals surface area contributed by atoms with Crippen molar-refractivity contribution in [1.82, 2.24) is 15.5 Å². The highest BCUT2D eigenvalue weighted by atomic mass is 16.2. The van der Waals surface area contributed by atoms with E-state index in [0.717, 1.165) is 51.5 Å². The molecule has 0 unspecified atom stereocenters. The fourth-order valence-corrected chi connectivity index (χ4v) is 2.74. The third-order valence-electron chi connectivity index (χ3n) is 3.93. The van der Waals surface area contributed by atoms with Gasteiger partial charge in [-0.15, -0.1) is 0 Å². The molecule has 0 aliphatic carbocycles. The molecule has 4 nitrogen and oxygen atoms in total. The Labute approximate surface area is 124 Å². The van der Waals surface area contributed by atoms with Crippen LogP contribution in [0.2, 0.25) is 0 Å². The summed E-state index contributed by atoms with van der Waals surface area (Å²) in [6, 6.07) is 0. The Kier molecular flexibility index (Phi) is 8.86. The van der Waals surface area contributed by atoms with Gasteiger partial charge in [0.15, 0.2) is 0 Å². The van der Waals surface area contributed by atoms with Gasteiger partial charge in [0.1, 0.15) is 0 Å². The Hall–Kier alpha value is -0.610. The van der Waals surface area contributed by atoms with Crippen molar-refractivity contribution in [3.05, 3.63) is 0 Å². The first kappa shape index (κ1) is 17.4. The van der Waals surface area contributed by atoms with E-state index in [1.807, 2.05) is 0 Å². The number of nitrogens with zero attached hydrogens (tertiary/aromatic N) is 1. The van der Waals surface area contributed by atoms with Gasteiger partial charge in [0.2, 0.25) is 5.91 Å². The van der Waals surface area contributed by atoms with Crippen LogP contribution in [-0.4, -0.2) is 50.1 Å². The van der Waals surface area contributed by atoms with Gasteiger partial charge >= 0.3 is 0 Å². The number of rotatable bonds is 9. The third-order valence-corrected chi connectivity index (χ3v) is 3.93. The lowest BCUT2D eigenvalue weighted by molar-refractivity contribution is -0.122. The summed E-state index contributed by atoms with van der Waals surface area (Å²) in [5.41, 5.74) is 0. The van der Waals surface area contributed by atoms with Crippen LogP contribution in [0, 0.1) is 11.8 Å². The summed E-state index contributed by atoms with van der Waals surface area (Å²) in [6.07, 6.45) is 4.67. The van der Waals surface area contributed by atoms with Crippen molar-refractivity contribution in [2.45, 2.75) is 46.5 Å². The zero-order valence-corrected chi connectivity index (χ0v) is 13.6. The smallest absolute Gasteiger partial charge is 0.234 e. The summed E-state index contributed by atoms with van der Waals surface area (Å²) >= 11 is 0. The maximum atomic E-state index is 12.0. The molecule has 0 radical (unpaired) electrons. The summed E-state index contributed by atoms with van der Waals surface area (Å²) < 4.78 is 0. The molecule has 1 aliphatic heterocycles. The SMILES string of the molecule is CCCN(CC(=O)NCCC(C)C)CC1CCNCC1. The molecule has 1 heterocycles. The van der Waals surface area contributed by atoms with E-state index in [1.165, 1.54) is 12.8 Å². The van der Waals surface area contributed by atoms with Crippen molar-refractivity contribution in [3.8, 4) is 0 Å². The lowest BCUT2D eigenvalue weighted by atomic mass is 9.97. The van der Waals surface area contributed by atoms with Gasteiger partial charge in [0.05, 0.1) is 6.54 Å². The molecular formula is C16H33N3O. The number of carbonyl (C=O) groups excluding carboxylic acids is 1. The molecule has 4 heteroatoms. The van der Waals surface area contributed by atoms with E-state index < -0.39 is 0 Å². The molecule has 1 saturated heterocycles. The molecule has 0 aromatic rings. The quantitative estimate of drug-likeness (QED) is 0.679. The van der Waals surface area contributed by atoms with Crippen LogP contribution in [0.3, 0.4) is 0 Å². The Morgan fingerprint density at radius 2 is 2.05 bits per heavy atom. The molecular weight excluding hydrogens is 250 g/mol. The van der Waals surface area contributed by atoms with Crippen molar-refractivity contribution < 1.29 is 4.79 Å². The summed E-state index contributed by atoms with van der Waals surface area (Å²) in [5, 5.41) is 6.45. The maximum absolute atomic E-state index is 12.0. The lowest BCUT2D eigenvalue weighted by Crippen LogP contribution is -2.42. The number of piperidine rings is 1. The highest BCUT2D eigenvalue weighted by Crippen LogP contribution is 2.13. The lowest BCUT2D eigenvalue weighted by Gasteiger charge is -2.29. The molecule has 1 rings (SSSR count). The van der Waals surface area contributed by atoms with E-state index >= 15 is 0 Å². The first-order valence-corrected chi connectivity index (χ1v) is 8.31. The first-order chi connectivity index (χ1) is 9.61. The van der Waals surface area contributed by atoms with Crippen LogP contribution in [0.1, 0.15) is 46.5 Å². The van der Waals surface area contributed by atoms with Crippen LogP contribution < -0.4 is 10.6 Å². The van der Waals surface area contributed by atoms with E-state index in [-0.39, 0.29) is 5.91 Å². The number of amides is 1. The van der Waals surface area contributed by atoms with Crippen molar-refractivity contribution in [3.63, 3.8) is 0 Å². The van der Waals surface area contributed by atoms with Gasteiger partial charge in [0, 0.05) is 13.1 Å². The summed E-state index contributed by atoms with van der Waals surface area (Å²) in [6.45, 7) is 12.3. The Morgan fingerprint density at radius 1 is 1.35 bits per heavy atom. The van der Waals surface area contributed by atoms with E-state index in [0.29, 0.717) is 12.5 Å². The molecule has 0 saturated carbocycles. The molecule has 1 fully saturated rings. The minimum atomic E-state index is 0.188. The first-order valence-electron chi connectivity index (χ1n) is 8.31. The standard InChI is InChI=1S/C16H33N3O/c1-4-11-19(12-15-6-8-17-9-7-15)13-16(20)18-10-5-14(2)3/h14-15,17H,4-13H2,1-3H3,(H,18,20). The molecule has 1 aliphatic rings. The van der Waals surface area contributed by atoms with Gasteiger partial charge in [-0.25, -0.2) is 0 Å². The zero-order chi connectivity index (χ0) is 14.8. The van der Waals surface area contributed by atoms with Crippen molar-refractivity contribution in [2.75, 3.05) is 39.3 Å². The molecule has 1 amide bonds. The van der Waals surface area contributed by atoms with Gasteiger partial charge in [-0.1, -0.05) is 20.8 Å². The fraction of sp³-hybridized carbons (Fsp3) is 0.938. The Balaban J connectivity index is 2.27. The maximum Gasteiger partial charge on any atom is 0.234 e. The van der Waals surface area contributed by atoms with Crippen molar-refractivity contribution in [1.29, 1.82) is 0 Å². The topological polar surface area (TPSA) is 44.4 Å². The third kappa shape index (κ3) is 7.85. The second-order valence-electron chi connectivity index (χ2n) is 6.46. The van der Waals surface area contributed by atoms with Crippen LogP contribution >= 0.6 is 0 Å². The van der Waals surface area contributed by atoms with E-state index in [4.69, 9.17) is 0 Å². The van der Waals surface area contributed by atoms with Crippen LogP contribution in [0.15, 0.2) is 0 Å². The van der Waals surface area contributed by atoms with Crippen LogP contribution in [0.5, 0.6) is 0 Å². The second-order valence-corrected chi connectivity index (χ2v) is 6.46. The van der Waals surface area contributed by atoms with Gasteiger partial charge < -0.3 is 10.6 Å². The molecule has 0 atom stereocenters. The van der Waals surface area contributed by atoms with Gasteiger partial charge in [-0.2, -0.15) is 0 Å². The van der Waals surface area contributed by atoms with Crippen LogP contribution in [0.25, 0.3) is 0 Å².